The molecule has 0 spiro atoms. The number of thiazole rings is 1. The lowest BCUT2D eigenvalue weighted by Gasteiger charge is -2.30. The first kappa shape index (κ1) is 11.9. The van der Waals surface area contributed by atoms with Gasteiger partial charge in [0.1, 0.15) is 4.60 Å². The van der Waals surface area contributed by atoms with Crippen molar-refractivity contribution in [3.8, 4) is 0 Å². The summed E-state index contributed by atoms with van der Waals surface area (Å²) in [5.74, 6) is -0.123. The van der Waals surface area contributed by atoms with E-state index in [-0.39, 0.29) is 11.9 Å². The predicted molar refractivity (Wildman–Crippen MR) is 66.8 cm³/mol. The third-order valence-electron chi connectivity index (χ3n) is 2.69. The summed E-state index contributed by atoms with van der Waals surface area (Å²) in [4.78, 5) is 18.0. The van der Waals surface area contributed by atoms with Crippen molar-refractivity contribution in [2.24, 2.45) is 5.92 Å². The minimum absolute atomic E-state index is 0.0126. The van der Waals surface area contributed by atoms with Gasteiger partial charge in [-0.05, 0) is 28.8 Å². The Bertz CT molecular complexity index is 383. The molecule has 1 fully saturated rings. The largest absolute Gasteiger partial charge is 0.469 e. The molecule has 0 amide bonds. The lowest BCUT2D eigenvalue weighted by atomic mass is 9.99. The number of hydrogen-bond donors (Lipinski definition) is 0. The summed E-state index contributed by atoms with van der Waals surface area (Å²) >= 11 is 4.93. The van der Waals surface area contributed by atoms with Crippen LogP contribution >= 0.6 is 27.3 Å². The molecule has 1 aliphatic rings. The molecule has 0 radical (unpaired) electrons. The van der Waals surface area contributed by atoms with Crippen molar-refractivity contribution >= 4 is 38.4 Å². The molecular formula is C10H13BrN2O2S. The number of piperidine rings is 1. The summed E-state index contributed by atoms with van der Waals surface area (Å²) in [5, 5.41) is 2.93. The fraction of sp³-hybridized carbons (Fsp3) is 0.600. The molecular weight excluding hydrogens is 292 g/mol. The van der Waals surface area contributed by atoms with Crippen LogP contribution in [0.1, 0.15) is 12.8 Å². The molecule has 0 N–H and O–H groups in total. The van der Waals surface area contributed by atoms with Crippen molar-refractivity contribution in [1.82, 2.24) is 4.98 Å². The van der Waals surface area contributed by atoms with Crippen LogP contribution in [0.15, 0.2) is 9.98 Å². The molecule has 1 atom stereocenters. The molecule has 1 unspecified atom stereocenters. The van der Waals surface area contributed by atoms with Crippen LogP contribution in [0.25, 0.3) is 0 Å². The summed E-state index contributed by atoms with van der Waals surface area (Å²) in [6.07, 6.45) is 1.92. The van der Waals surface area contributed by atoms with E-state index in [9.17, 15) is 4.79 Å². The molecule has 2 heterocycles. The molecule has 0 aliphatic carbocycles. The van der Waals surface area contributed by atoms with Crippen molar-refractivity contribution in [2.75, 3.05) is 25.1 Å². The van der Waals surface area contributed by atoms with Crippen LogP contribution in [0, 0.1) is 5.92 Å². The van der Waals surface area contributed by atoms with Gasteiger partial charge in [-0.3, -0.25) is 4.79 Å². The standard InChI is InChI=1S/C10H13BrN2O2S/c1-15-9(14)7-3-2-4-13(5-7)10-12-8(11)6-16-10/h6-7H,2-5H2,1H3. The molecule has 4 nitrogen and oxygen atoms in total. The maximum Gasteiger partial charge on any atom is 0.310 e. The van der Waals surface area contributed by atoms with Crippen LogP contribution in [0.5, 0.6) is 0 Å². The van der Waals surface area contributed by atoms with Gasteiger partial charge in [0.15, 0.2) is 5.13 Å². The first-order valence-electron chi connectivity index (χ1n) is 5.14. The van der Waals surface area contributed by atoms with Crippen LogP contribution in [0.3, 0.4) is 0 Å². The number of ether oxygens (including phenoxy) is 1. The van der Waals surface area contributed by atoms with Gasteiger partial charge in [-0.1, -0.05) is 0 Å². The van der Waals surface area contributed by atoms with E-state index in [1.165, 1.54) is 7.11 Å². The average molecular weight is 305 g/mol. The van der Waals surface area contributed by atoms with Crippen molar-refractivity contribution in [3.63, 3.8) is 0 Å². The van der Waals surface area contributed by atoms with Gasteiger partial charge in [0.05, 0.1) is 13.0 Å². The van der Waals surface area contributed by atoms with Crippen LogP contribution in [0.4, 0.5) is 5.13 Å². The van der Waals surface area contributed by atoms with Crippen LogP contribution in [-0.2, 0) is 9.53 Å². The quantitative estimate of drug-likeness (QED) is 0.786. The van der Waals surface area contributed by atoms with Crippen molar-refractivity contribution in [2.45, 2.75) is 12.8 Å². The van der Waals surface area contributed by atoms with Crippen LogP contribution in [0.2, 0.25) is 0 Å². The van der Waals surface area contributed by atoms with E-state index in [1.54, 1.807) is 11.3 Å². The van der Waals surface area contributed by atoms with Gasteiger partial charge < -0.3 is 9.64 Å². The normalized spacial score (nSPS) is 20.9. The number of carbonyl (C=O) groups excluding carboxylic acids is 1. The molecule has 1 aliphatic heterocycles. The van der Waals surface area contributed by atoms with E-state index in [1.807, 2.05) is 5.38 Å². The van der Waals surface area contributed by atoms with Gasteiger partial charge in [-0.15, -0.1) is 11.3 Å². The number of halogens is 1. The zero-order valence-electron chi connectivity index (χ0n) is 8.98. The molecule has 1 aromatic rings. The Morgan fingerprint density at radius 2 is 2.56 bits per heavy atom. The maximum atomic E-state index is 11.5. The average Bonchev–Trinajstić information content (AvgIpc) is 2.75. The summed E-state index contributed by atoms with van der Waals surface area (Å²) in [6.45, 7) is 1.68. The monoisotopic (exact) mass is 304 g/mol. The van der Waals surface area contributed by atoms with Gasteiger partial charge in [0, 0.05) is 18.5 Å². The predicted octanol–water partition coefficient (Wildman–Crippen LogP) is 2.29. The van der Waals surface area contributed by atoms with E-state index in [4.69, 9.17) is 4.74 Å². The SMILES string of the molecule is COC(=O)C1CCCN(c2nc(Br)cs2)C1. The van der Waals surface area contributed by atoms with Crippen LogP contribution < -0.4 is 4.90 Å². The Morgan fingerprint density at radius 1 is 1.75 bits per heavy atom. The van der Waals surface area contributed by atoms with Gasteiger partial charge in [0.2, 0.25) is 0 Å². The second-order valence-electron chi connectivity index (χ2n) is 3.76. The molecule has 0 aromatic carbocycles. The Kier molecular flexibility index (Phi) is 3.81. The fourth-order valence-electron chi connectivity index (χ4n) is 1.90. The topological polar surface area (TPSA) is 42.4 Å². The van der Waals surface area contributed by atoms with Gasteiger partial charge in [0.25, 0.3) is 0 Å². The Labute approximate surface area is 107 Å². The fourth-order valence-corrected chi connectivity index (χ4v) is 3.19. The first-order valence-corrected chi connectivity index (χ1v) is 6.82. The number of hydrogen-bond acceptors (Lipinski definition) is 5. The van der Waals surface area contributed by atoms with E-state index in [0.29, 0.717) is 6.54 Å². The highest BCUT2D eigenvalue weighted by Crippen LogP contribution is 2.28. The Morgan fingerprint density at radius 3 is 3.19 bits per heavy atom. The van der Waals surface area contributed by atoms with E-state index < -0.39 is 0 Å². The minimum atomic E-state index is -0.111. The molecule has 16 heavy (non-hydrogen) atoms. The highest BCUT2D eigenvalue weighted by molar-refractivity contribution is 9.10. The smallest absolute Gasteiger partial charge is 0.310 e. The van der Waals surface area contributed by atoms with Crippen molar-refractivity contribution in [1.29, 1.82) is 0 Å². The summed E-state index contributed by atoms with van der Waals surface area (Å²) in [6, 6.07) is 0. The highest BCUT2D eigenvalue weighted by atomic mass is 79.9. The Balaban J connectivity index is 2.04. The summed E-state index contributed by atoms with van der Waals surface area (Å²) in [5.41, 5.74) is 0. The second kappa shape index (κ2) is 5.14. The van der Waals surface area contributed by atoms with E-state index in [2.05, 4.69) is 25.8 Å². The zero-order valence-corrected chi connectivity index (χ0v) is 11.4. The van der Waals surface area contributed by atoms with Crippen LogP contribution in [-0.4, -0.2) is 31.2 Å². The van der Waals surface area contributed by atoms with E-state index >= 15 is 0 Å². The number of aromatic nitrogens is 1. The van der Waals surface area contributed by atoms with Crippen molar-refractivity contribution in [3.05, 3.63) is 9.98 Å². The molecule has 88 valence electrons. The zero-order chi connectivity index (χ0) is 11.5. The second-order valence-corrected chi connectivity index (χ2v) is 5.41. The molecule has 0 bridgehead atoms. The number of nitrogens with zero attached hydrogens (tertiary/aromatic N) is 2. The number of carbonyl (C=O) groups is 1. The highest BCUT2D eigenvalue weighted by Gasteiger charge is 2.27. The number of methoxy groups -OCH3 is 1. The number of esters is 1. The molecule has 6 heteroatoms. The van der Waals surface area contributed by atoms with Gasteiger partial charge in [-0.25, -0.2) is 4.98 Å². The summed E-state index contributed by atoms with van der Waals surface area (Å²) in [7, 11) is 1.45. The third-order valence-corrected chi connectivity index (χ3v) is 4.30. The van der Waals surface area contributed by atoms with E-state index in [0.717, 1.165) is 29.1 Å². The molecule has 1 aromatic heterocycles. The number of anilines is 1. The third kappa shape index (κ3) is 2.55. The molecule has 0 saturated carbocycles. The number of rotatable bonds is 2. The Hall–Kier alpha value is -0.620. The maximum absolute atomic E-state index is 11.5. The molecule has 1 saturated heterocycles. The molecule has 2 rings (SSSR count). The lowest BCUT2D eigenvalue weighted by Crippen LogP contribution is -2.39. The van der Waals surface area contributed by atoms with Gasteiger partial charge >= 0.3 is 5.97 Å². The van der Waals surface area contributed by atoms with Gasteiger partial charge in [-0.2, -0.15) is 0 Å². The first-order chi connectivity index (χ1) is 7.70. The van der Waals surface area contributed by atoms with Crippen molar-refractivity contribution < 1.29 is 9.53 Å². The summed E-state index contributed by atoms with van der Waals surface area (Å²) < 4.78 is 5.64. The lowest BCUT2D eigenvalue weighted by molar-refractivity contribution is -0.145. The minimum Gasteiger partial charge on any atom is -0.469 e.